The van der Waals surface area contributed by atoms with Gasteiger partial charge >= 0.3 is 0 Å². The van der Waals surface area contributed by atoms with Gasteiger partial charge in [0.05, 0.1) is 0 Å². The monoisotopic (exact) mass is 260 g/mol. The molecule has 0 bridgehead atoms. The van der Waals surface area contributed by atoms with Crippen molar-refractivity contribution >= 4 is 5.91 Å². The Morgan fingerprint density at radius 1 is 1.47 bits per heavy atom. The van der Waals surface area contributed by atoms with Crippen LogP contribution in [0, 0.1) is 12.8 Å². The van der Waals surface area contributed by atoms with Gasteiger partial charge in [-0.2, -0.15) is 0 Å². The highest BCUT2D eigenvalue weighted by Crippen LogP contribution is 2.30. The zero-order chi connectivity index (χ0) is 13.8. The molecule has 0 spiro atoms. The molecule has 19 heavy (non-hydrogen) atoms. The largest absolute Gasteiger partial charge is 0.335 e. The molecule has 0 heterocycles. The normalized spacial score (nSPS) is 16.2. The maximum atomic E-state index is 12.5. The molecule has 1 saturated carbocycles. The summed E-state index contributed by atoms with van der Waals surface area (Å²) in [5.41, 5.74) is 8.03. The number of nitrogens with two attached hydrogens (primary N) is 1. The number of rotatable bonds is 6. The van der Waals surface area contributed by atoms with Gasteiger partial charge in [-0.15, -0.1) is 0 Å². The number of amides is 1. The molecule has 1 aromatic carbocycles. The van der Waals surface area contributed by atoms with Crippen LogP contribution in [0.3, 0.4) is 0 Å². The molecule has 1 aliphatic rings. The maximum absolute atomic E-state index is 12.5. The molecule has 1 unspecified atom stereocenters. The lowest BCUT2D eigenvalue weighted by atomic mass is 10.1. The minimum absolute atomic E-state index is 0.0374. The van der Waals surface area contributed by atoms with E-state index in [4.69, 9.17) is 5.73 Å². The lowest BCUT2D eigenvalue weighted by molar-refractivity contribution is -0.136. The van der Waals surface area contributed by atoms with Crippen LogP contribution < -0.4 is 5.73 Å². The standard InChI is InChI=1S/C16H24N2O/c1-12-4-3-5-14(10-12)11-18(15-6-7-15)16(19)13(2)8-9-17/h3-5,10,13,15H,6-9,11,17H2,1-2H3. The Morgan fingerprint density at radius 3 is 2.79 bits per heavy atom. The van der Waals surface area contributed by atoms with Crippen molar-refractivity contribution < 1.29 is 4.79 Å². The summed E-state index contributed by atoms with van der Waals surface area (Å²) < 4.78 is 0. The first-order valence-electron chi connectivity index (χ1n) is 7.18. The summed E-state index contributed by atoms with van der Waals surface area (Å²) in [6.45, 7) is 5.39. The van der Waals surface area contributed by atoms with E-state index in [1.807, 2.05) is 6.92 Å². The van der Waals surface area contributed by atoms with Crippen LogP contribution in [0.25, 0.3) is 0 Å². The number of hydrogen-bond donors (Lipinski definition) is 1. The molecule has 1 fully saturated rings. The smallest absolute Gasteiger partial charge is 0.225 e. The van der Waals surface area contributed by atoms with Crippen molar-refractivity contribution in [3.8, 4) is 0 Å². The highest BCUT2D eigenvalue weighted by atomic mass is 16.2. The maximum Gasteiger partial charge on any atom is 0.225 e. The highest BCUT2D eigenvalue weighted by molar-refractivity contribution is 5.79. The molecule has 1 atom stereocenters. The molecule has 1 amide bonds. The molecule has 2 N–H and O–H groups in total. The zero-order valence-corrected chi connectivity index (χ0v) is 11.9. The topological polar surface area (TPSA) is 46.3 Å². The average Bonchev–Trinajstić information content (AvgIpc) is 3.20. The summed E-state index contributed by atoms with van der Waals surface area (Å²) in [5, 5.41) is 0. The van der Waals surface area contributed by atoms with Crippen LogP contribution >= 0.6 is 0 Å². The minimum Gasteiger partial charge on any atom is -0.335 e. The first-order valence-corrected chi connectivity index (χ1v) is 7.18. The van der Waals surface area contributed by atoms with Gasteiger partial charge in [-0.05, 0) is 38.3 Å². The lowest BCUT2D eigenvalue weighted by Crippen LogP contribution is -2.37. The Morgan fingerprint density at radius 2 is 2.21 bits per heavy atom. The molecule has 0 aromatic heterocycles. The van der Waals surface area contributed by atoms with E-state index in [-0.39, 0.29) is 11.8 Å². The van der Waals surface area contributed by atoms with E-state index in [9.17, 15) is 4.79 Å². The minimum atomic E-state index is 0.0374. The Labute approximate surface area is 115 Å². The van der Waals surface area contributed by atoms with Crippen molar-refractivity contribution in [1.29, 1.82) is 0 Å². The van der Waals surface area contributed by atoms with E-state index in [0.29, 0.717) is 12.6 Å². The zero-order valence-electron chi connectivity index (χ0n) is 11.9. The summed E-state index contributed by atoms with van der Waals surface area (Å²) in [4.78, 5) is 14.5. The summed E-state index contributed by atoms with van der Waals surface area (Å²) in [7, 11) is 0. The summed E-state index contributed by atoms with van der Waals surface area (Å²) in [6.07, 6.45) is 3.07. The van der Waals surface area contributed by atoms with Crippen molar-refractivity contribution in [2.75, 3.05) is 6.54 Å². The van der Waals surface area contributed by atoms with Crippen LogP contribution in [-0.2, 0) is 11.3 Å². The highest BCUT2D eigenvalue weighted by Gasteiger charge is 2.34. The van der Waals surface area contributed by atoms with Crippen LogP contribution in [0.2, 0.25) is 0 Å². The van der Waals surface area contributed by atoms with Gasteiger partial charge in [-0.25, -0.2) is 0 Å². The van der Waals surface area contributed by atoms with E-state index < -0.39 is 0 Å². The van der Waals surface area contributed by atoms with Gasteiger partial charge in [0, 0.05) is 18.5 Å². The summed E-state index contributed by atoms with van der Waals surface area (Å²) >= 11 is 0. The first kappa shape index (κ1) is 14.1. The number of carbonyl (C=O) groups excluding carboxylic acids is 1. The molecule has 3 nitrogen and oxygen atoms in total. The van der Waals surface area contributed by atoms with Gasteiger partial charge in [-0.1, -0.05) is 36.8 Å². The van der Waals surface area contributed by atoms with Gasteiger partial charge in [0.15, 0.2) is 0 Å². The SMILES string of the molecule is Cc1cccc(CN(C(=O)C(C)CCN)C2CC2)c1. The molecule has 0 saturated heterocycles. The van der Waals surface area contributed by atoms with Crippen molar-refractivity contribution in [3.63, 3.8) is 0 Å². The van der Waals surface area contributed by atoms with Crippen LogP contribution in [0.5, 0.6) is 0 Å². The van der Waals surface area contributed by atoms with Crippen LogP contribution in [0.1, 0.15) is 37.3 Å². The van der Waals surface area contributed by atoms with E-state index in [2.05, 4.69) is 36.1 Å². The Hall–Kier alpha value is -1.35. The molecule has 1 aromatic rings. The fraction of sp³-hybridized carbons (Fsp3) is 0.562. The number of nitrogens with zero attached hydrogens (tertiary/aromatic N) is 1. The first-order chi connectivity index (χ1) is 9.11. The lowest BCUT2D eigenvalue weighted by Gasteiger charge is -2.26. The van der Waals surface area contributed by atoms with Crippen LogP contribution in [0.15, 0.2) is 24.3 Å². The molecular weight excluding hydrogens is 236 g/mol. The van der Waals surface area contributed by atoms with E-state index in [1.165, 1.54) is 11.1 Å². The van der Waals surface area contributed by atoms with Crippen molar-refractivity contribution in [2.45, 2.75) is 45.7 Å². The van der Waals surface area contributed by atoms with Gasteiger partial charge < -0.3 is 10.6 Å². The van der Waals surface area contributed by atoms with Crippen molar-refractivity contribution in [1.82, 2.24) is 4.90 Å². The van der Waals surface area contributed by atoms with Gasteiger partial charge in [0.1, 0.15) is 0 Å². The molecule has 3 heteroatoms. The quantitative estimate of drug-likeness (QED) is 0.854. The number of hydrogen-bond acceptors (Lipinski definition) is 2. The third-order valence-electron chi connectivity index (χ3n) is 3.73. The Bertz CT molecular complexity index is 440. The van der Waals surface area contributed by atoms with E-state index >= 15 is 0 Å². The van der Waals surface area contributed by atoms with Gasteiger partial charge in [0.2, 0.25) is 5.91 Å². The molecule has 0 aliphatic heterocycles. The summed E-state index contributed by atoms with van der Waals surface area (Å²) in [5.74, 6) is 0.296. The number of carbonyl (C=O) groups is 1. The third kappa shape index (κ3) is 3.80. The molecular formula is C16H24N2O. The number of benzene rings is 1. The second-order valence-corrected chi connectivity index (χ2v) is 5.66. The average molecular weight is 260 g/mol. The summed E-state index contributed by atoms with van der Waals surface area (Å²) in [6, 6.07) is 8.86. The predicted molar refractivity (Wildman–Crippen MR) is 77.6 cm³/mol. The van der Waals surface area contributed by atoms with Crippen molar-refractivity contribution in [2.24, 2.45) is 11.7 Å². The van der Waals surface area contributed by atoms with Crippen LogP contribution in [0.4, 0.5) is 0 Å². The fourth-order valence-electron chi connectivity index (χ4n) is 2.44. The molecule has 0 radical (unpaired) electrons. The molecule has 104 valence electrons. The van der Waals surface area contributed by atoms with E-state index in [1.54, 1.807) is 0 Å². The third-order valence-corrected chi connectivity index (χ3v) is 3.73. The predicted octanol–water partition coefficient (Wildman–Crippen LogP) is 2.47. The van der Waals surface area contributed by atoms with Gasteiger partial charge in [0.25, 0.3) is 0 Å². The second-order valence-electron chi connectivity index (χ2n) is 5.66. The van der Waals surface area contributed by atoms with Crippen LogP contribution in [-0.4, -0.2) is 23.4 Å². The second kappa shape index (κ2) is 6.20. The fourth-order valence-corrected chi connectivity index (χ4v) is 2.44. The Balaban J connectivity index is 2.06. The van der Waals surface area contributed by atoms with Gasteiger partial charge in [-0.3, -0.25) is 4.79 Å². The van der Waals surface area contributed by atoms with E-state index in [0.717, 1.165) is 25.8 Å². The van der Waals surface area contributed by atoms with Crippen molar-refractivity contribution in [3.05, 3.63) is 35.4 Å². The molecule has 1 aliphatic carbocycles. The number of aryl methyl sites for hydroxylation is 1. The molecule has 2 rings (SSSR count). The Kier molecular flexibility index (Phi) is 4.59.